The monoisotopic (exact) mass is 300 g/mol. The minimum absolute atomic E-state index is 0.132. The molecule has 0 aromatic heterocycles. The minimum atomic E-state index is -0.470. The molecule has 1 amide bonds. The van der Waals surface area contributed by atoms with E-state index in [2.05, 4.69) is 10.3 Å². The normalized spacial score (nSPS) is 17.0. The maximum absolute atomic E-state index is 12.0. The van der Waals surface area contributed by atoms with Crippen molar-refractivity contribution in [2.75, 3.05) is 5.32 Å². The van der Waals surface area contributed by atoms with E-state index >= 15 is 0 Å². The first kappa shape index (κ1) is 13.6. The van der Waals surface area contributed by atoms with Crippen molar-refractivity contribution in [3.63, 3.8) is 0 Å². The maximum atomic E-state index is 12.0. The zero-order chi connectivity index (χ0) is 15.0. The molecule has 5 heteroatoms. The molecule has 1 atom stereocenters. The third kappa shape index (κ3) is 2.62. The second kappa shape index (κ2) is 5.22. The van der Waals surface area contributed by atoms with Gasteiger partial charge in [0, 0.05) is 23.0 Å². The van der Waals surface area contributed by atoms with Crippen LogP contribution in [0.4, 0.5) is 11.4 Å². The summed E-state index contributed by atoms with van der Waals surface area (Å²) in [7, 11) is 0. The number of phenols is 1. The van der Waals surface area contributed by atoms with Crippen molar-refractivity contribution in [1.29, 1.82) is 0 Å². The van der Waals surface area contributed by atoms with Gasteiger partial charge < -0.3 is 10.4 Å². The van der Waals surface area contributed by atoms with E-state index in [9.17, 15) is 9.90 Å². The molecule has 3 rings (SSSR count). The zero-order valence-corrected chi connectivity index (χ0v) is 12.1. The number of benzene rings is 2. The Balaban J connectivity index is 1.91. The highest BCUT2D eigenvalue weighted by molar-refractivity contribution is 6.31. The van der Waals surface area contributed by atoms with Gasteiger partial charge in [-0.25, -0.2) is 0 Å². The van der Waals surface area contributed by atoms with Crippen molar-refractivity contribution in [3.8, 4) is 5.75 Å². The topological polar surface area (TPSA) is 61.7 Å². The number of aliphatic imine (C=N–C) groups is 1. The summed E-state index contributed by atoms with van der Waals surface area (Å²) in [6.45, 7) is 1.81. The van der Waals surface area contributed by atoms with Crippen LogP contribution in [-0.4, -0.2) is 17.2 Å². The van der Waals surface area contributed by atoms with E-state index in [1.165, 1.54) is 0 Å². The van der Waals surface area contributed by atoms with E-state index in [-0.39, 0.29) is 11.7 Å². The lowest BCUT2D eigenvalue weighted by Gasteiger charge is -2.03. The van der Waals surface area contributed by atoms with Gasteiger partial charge in [0.05, 0.1) is 5.69 Å². The van der Waals surface area contributed by atoms with Gasteiger partial charge in [0.2, 0.25) is 5.91 Å². The van der Waals surface area contributed by atoms with Gasteiger partial charge in [0.15, 0.2) is 0 Å². The number of hydrogen-bond donors (Lipinski definition) is 2. The molecule has 0 fully saturated rings. The van der Waals surface area contributed by atoms with Crippen LogP contribution >= 0.6 is 11.6 Å². The minimum Gasteiger partial charge on any atom is -0.508 e. The second-order valence-electron chi connectivity index (χ2n) is 4.95. The summed E-state index contributed by atoms with van der Waals surface area (Å²) in [4.78, 5) is 16.3. The van der Waals surface area contributed by atoms with Gasteiger partial charge >= 0.3 is 0 Å². The SMILES string of the molecule is Cc1ccc(N=CC2C(=O)Nc3ccc(Cl)cc32)cc1O. The molecule has 0 spiro atoms. The standard InChI is InChI=1S/C16H13ClN2O2/c1-9-2-4-11(7-15(9)20)18-8-13-12-6-10(17)3-5-14(12)19-16(13)21/h2-8,13,20H,1H3,(H,19,21). The summed E-state index contributed by atoms with van der Waals surface area (Å²) in [6.07, 6.45) is 1.57. The van der Waals surface area contributed by atoms with Gasteiger partial charge in [0.1, 0.15) is 11.7 Å². The quantitative estimate of drug-likeness (QED) is 0.829. The molecule has 1 unspecified atom stereocenters. The number of aromatic hydroxyl groups is 1. The first-order valence-electron chi connectivity index (χ1n) is 6.49. The summed E-state index contributed by atoms with van der Waals surface area (Å²) >= 11 is 5.98. The first-order valence-corrected chi connectivity index (χ1v) is 6.86. The number of rotatable bonds is 2. The van der Waals surface area contributed by atoms with E-state index in [1.54, 1.807) is 42.6 Å². The summed E-state index contributed by atoms with van der Waals surface area (Å²) in [5, 5.41) is 13.0. The highest BCUT2D eigenvalue weighted by Gasteiger charge is 2.29. The fourth-order valence-electron chi connectivity index (χ4n) is 2.24. The van der Waals surface area contributed by atoms with Crippen molar-refractivity contribution >= 4 is 35.1 Å². The summed E-state index contributed by atoms with van der Waals surface area (Å²) < 4.78 is 0. The van der Waals surface area contributed by atoms with Crippen molar-refractivity contribution in [3.05, 3.63) is 52.5 Å². The largest absolute Gasteiger partial charge is 0.508 e. The van der Waals surface area contributed by atoms with Crippen molar-refractivity contribution < 1.29 is 9.90 Å². The Labute approximate surface area is 127 Å². The van der Waals surface area contributed by atoms with Crippen LogP contribution in [-0.2, 0) is 4.79 Å². The number of halogens is 1. The van der Waals surface area contributed by atoms with Crippen LogP contribution < -0.4 is 5.32 Å². The highest BCUT2D eigenvalue weighted by Crippen LogP contribution is 2.34. The Morgan fingerprint density at radius 3 is 2.86 bits per heavy atom. The van der Waals surface area contributed by atoms with E-state index in [0.717, 1.165) is 16.8 Å². The Morgan fingerprint density at radius 1 is 1.29 bits per heavy atom. The van der Waals surface area contributed by atoms with Crippen LogP contribution in [0, 0.1) is 6.92 Å². The van der Waals surface area contributed by atoms with Gasteiger partial charge in [-0.15, -0.1) is 0 Å². The number of carbonyl (C=O) groups excluding carboxylic acids is 1. The van der Waals surface area contributed by atoms with Crippen LogP contribution in [0.2, 0.25) is 5.02 Å². The molecule has 0 bridgehead atoms. The smallest absolute Gasteiger partial charge is 0.237 e. The molecule has 2 N–H and O–H groups in total. The molecule has 0 saturated heterocycles. The maximum Gasteiger partial charge on any atom is 0.237 e. The fraction of sp³-hybridized carbons (Fsp3) is 0.125. The molecule has 2 aromatic carbocycles. The molecule has 0 aliphatic carbocycles. The van der Waals surface area contributed by atoms with Gasteiger partial charge in [-0.2, -0.15) is 0 Å². The number of aryl methyl sites for hydroxylation is 1. The third-order valence-corrected chi connectivity index (χ3v) is 3.69. The lowest BCUT2D eigenvalue weighted by atomic mass is 10.0. The number of carbonyl (C=O) groups is 1. The van der Waals surface area contributed by atoms with Gasteiger partial charge in [-0.05, 0) is 42.3 Å². The number of nitrogens with zero attached hydrogens (tertiary/aromatic N) is 1. The second-order valence-corrected chi connectivity index (χ2v) is 5.38. The average Bonchev–Trinajstić information content (AvgIpc) is 2.75. The van der Waals surface area contributed by atoms with Gasteiger partial charge in [-0.3, -0.25) is 9.79 Å². The van der Waals surface area contributed by atoms with Crippen molar-refractivity contribution in [1.82, 2.24) is 0 Å². The highest BCUT2D eigenvalue weighted by atomic mass is 35.5. The summed E-state index contributed by atoms with van der Waals surface area (Å²) in [5.41, 5.74) is 2.95. The van der Waals surface area contributed by atoms with E-state index in [1.807, 2.05) is 6.92 Å². The molecule has 1 aliphatic heterocycles. The van der Waals surface area contributed by atoms with Crippen LogP contribution in [0.25, 0.3) is 0 Å². The number of amides is 1. The molecule has 1 heterocycles. The molecule has 1 aliphatic rings. The lowest BCUT2D eigenvalue weighted by molar-refractivity contribution is -0.115. The molecule has 0 radical (unpaired) electrons. The average molecular weight is 301 g/mol. The van der Waals surface area contributed by atoms with Crippen LogP contribution in [0.15, 0.2) is 41.4 Å². The molecule has 2 aromatic rings. The molecular weight excluding hydrogens is 288 g/mol. The van der Waals surface area contributed by atoms with Crippen LogP contribution in [0.5, 0.6) is 5.75 Å². The van der Waals surface area contributed by atoms with Gasteiger partial charge in [0.25, 0.3) is 0 Å². The Kier molecular flexibility index (Phi) is 3.39. The Morgan fingerprint density at radius 2 is 2.10 bits per heavy atom. The zero-order valence-electron chi connectivity index (χ0n) is 11.3. The van der Waals surface area contributed by atoms with E-state index in [0.29, 0.717) is 10.7 Å². The molecular formula is C16H13ClN2O2. The Bertz CT molecular complexity index is 756. The molecule has 21 heavy (non-hydrogen) atoms. The van der Waals surface area contributed by atoms with Crippen molar-refractivity contribution in [2.45, 2.75) is 12.8 Å². The van der Waals surface area contributed by atoms with Crippen molar-refractivity contribution in [2.24, 2.45) is 4.99 Å². The number of hydrogen-bond acceptors (Lipinski definition) is 3. The number of phenolic OH excluding ortho intramolecular Hbond substituents is 1. The third-order valence-electron chi connectivity index (χ3n) is 3.45. The first-order chi connectivity index (χ1) is 10.0. The lowest BCUT2D eigenvalue weighted by Crippen LogP contribution is -2.12. The summed E-state index contributed by atoms with van der Waals surface area (Å²) in [6, 6.07) is 10.4. The van der Waals surface area contributed by atoms with E-state index < -0.39 is 5.92 Å². The van der Waals surface area contributed by atoms with Crippen LogP contribution in [0.3, 0.4) is 0 Å². The summed E-state index contributed by atoms with van der Waals surface area (Å²) in [5.74, 6) is -0.418. The van der Waals surface area contributed by atoms with E-state index in [4.69, 9.17) is 11.6 Å². The van der Waals surface area contributed by atoms with Crippen LogP contribution in [0.1, 0.15) is 17.0 Å². The number of fused-ring (bicyclic) bond motifs is 1. The fourth-order valence-corrected chi connectivity index (χ4v) is 2.42. The predicted molar refractivity (Wildman–Crippen MR) is 83.8 cm³/mol. The number of nitrogens with one attached hydrogen (secondary N) is 1. The molecule has 106 valence electrons. The molecule has 0 saturated carbocycles. The van der Waals surface area contributed by atoms with Gasteiger partial charge in [-0.1, -0.05) is 17.7 Å². The number of anilines is 1. The molecule has 4 nitrogen and oxygen atoms in total. The predicted octanol–water partition coefficient (Wildman–Crippen LogP) is 3.79. The Hall–Kier alpha value is -2.33.